The Bertz CT molecular complexity index is 660. The van der Waals surface area contributed by atoms with E-state index in [4.69, 9.17) is 4.74 Å². The highest BCUT2D eigenvalue weighted by atomic mass is 16.6. The second-order valence-electron chi connectivity index (χ2n) is 6.91. The van der Waals surface area contributed by atoms with Crippen LogP contribution in [0, 0.1) is 10.1 Å². The standard InChI is InChI=1S/C17H23N3O5/c1-17(2,3)25-16(22)19-10-8-18(9-11-19)15(21)12-13-6-4-5-7-14(13)20(23)24/h4-7H,8-12H2,1-3H3. The lowest BCUT2D eigenvalue weighted by Gasteiger charge is -2.35. The molecule has 1 aromatic carbocycles. The molecule has 136 valence electrons. The van der Waals surface area contributed by atoms with Crippen LogP contribution in [-0.4, -0.2) is 58.5 Å². The first-order valence-corrected chi connectivity index (χ1v) is 8.15. The molecule has 1 heterocycles. The maximum Gasteiger partial charge on any atom is 0.410 e. The van der Waals surface area contributed by atoms with E-state index in [0.717, 1.165) is 0 Å². The number of ether oxygens (including phenoxy) is 1. The average Bonchev–Trinajstić information content (AvgIpc) is 2.53. The summed E-state index contributed by atoms with van der Waals surface area (Å²) >= 11 is 0. The molecule has 0 spiro atoms. The Kier molecular flexibility index (Phi) is 5.61. The number of rotatable bonds is 3. The maximum absolute atomic E-state index is 12.4. The molecule has 1 saturated heterocycles. The zero-order valence-electron chi connectivity index (χ0n) is 14.7. The van der Waals surface area contributed by atoms with Crippen molar-refractivity contribution in [2.45, 2.75) is 32.8 Å². The van der Waals surface area contributed by atoms with Crippen molar-refractivity contribution in [3.63, 3.8) is 0 Å². The van der Waals surface area contributed by atoms with E-state index in [1.54, 1.807) is 48.8 Å². The molecule has 0 unspecified atom stereocenters. The summed E-state index contributed by atoms with van der Waals surface area (Å²) < 4.78 is 5.32. The number of amides is 2. The van der Waals surface area contributed by atoms with Gasteiger partial charge in [-0.1, -0.05) is 18.2 Å². The number of piperazine rings is 1. The molecular formula is C17H23N3O5. The third-order valence-electron chi connectivity index (χ3n) is 3.81. The molecule has 2 rings (SSSR count). The predicted octanol–water partition coefficient (Wildman–Crippen LogP) is 2.22. The molecule has 8 heteroatoms. The lowest BCUT2D eigenvalue weighted by molar-refractivity contribution is -0.385. The van der Waals surface area contributed by atoms with Gasteiger partial charge < -0.3 is 14.5 Å². The fourth-order valence-corrected chi connectivity index (χ4v) is 2.58. The topological polar surface area (TPSA) is 93.0 Å². The third-order valence-corrected chi connectivity index (χ3v) is 3.81. The Hall–Kier alpha value is -2.64. The maximum atomic E-state index is 12.4. The normalized spacial score (nSPS) is 15.0. The molecule has 0 aromatic heterocycles. The Labute approximate surface area is 146 Å². The number of nitro benzene ring substituents is 1. The summed E-state index contributed by atoms with van der Waals surface area (Å²) in [6.07, 6.45) is -0.415. The minimum Gasteiger partial charge on any atom is -0.444 e. The molecule has 1 aliphatic heterocycles. The lowest BCUT2D eigenvalue weighted by atomic mass is 10.1. The molecule has 8 nitrogen and oxygen atoms in total. The number of carbonyl (C=O) groups excluding carboxylic acids is 2. The summed E-state index contributed by atoms with van der Waals surface area (Å²) in [6, 6.07) is 6.23. The lowest BCUT2D eigenvalue weighted by Crippen LogP contribution is -2.52. The predicted molar refractivity (Wildman–Crippen MR) is 91.2 cm³/mol. The summed E-state index contributed by atoms with van der Waals surface area (Å²) in [6.45, 7) is 6.96. The highest BCUT2D eigenvalue weighted by molar-refractivity contribution is 5.80. The van der Waals surface area contributed by atoms with Gasteiger partial charge in [-0.25, -0.2) is 4.79 Å². The molecule has 1 fully saturated rings. The molecule has 0 aliphatic carbocycles. The summed E-state index contributed by atoms with van der Waals surface area (Å²) in [5.41, 5.74) is -0.216. The molecule has 0 saturated carbocycles. The van der Waals surface area contributed by atoms with Gasteiger partial charge in [-0.15, -0.1) is 0 Å². The smallest absolute Gasteiger partial charge is 0.410 e. The first-order valence-electron chi connectivity index (χ1n) is 8.15. The van der Waals surface area contributed by atoms with Crippen LogP contribution in [0.5, 0.6) is 0 Å². The number of carbonyl (C=O) groups is 2. The van der Waals surface area contributed by atoms with Crippen LogP contribution in [0.15, 0.2) is 24.3 Å². The minimum absolute atomic E-state index is 0.0242. The van der Waals surface area contributed by atoms with E-state index in [1.165, 1.54) is 6.07 Å². The fourth-order valence-electron chi connectivity index (χ4n) is 2.58. The van der Waals surface area contributed by atoms with Crippen molar-refractivity contribution in [3.05, 3.63) is 39.9 Å². The fraction of sp³-hybridized carbons (Fsp3) is 0.529. The van der Waals surface area contributed by atoms with E-state index in [-0.39, 0.29) is 18.0 Å². The Balaban J connectivity index is 1.92. The Morgan fingerprint density at radius 2 is 1.68 bits per heavy atom. The van der Waals surface area contributed by atoms with Crippen molar-refractivity contribution < 1.29 is 19.2 Å². The van der Waals surface area contributed by atoms with E-state index in [2.05, 4.69) is 0 Å². The van der Waals surface area contributed by atoms with Gasteiger partial charge in [0.05, 0.1) is 11.3 Å². The van der Waals surface area contributed by atoms with Crippen LogP contribution in [0.1, 0.15) is 26.3 Å². The number of benzene rings is 1. The van der Waals surface area contributed by atoms with E-state index < -0.39 is 16.6 Å². The summed E-state index contributed by atoms with van der Waals surface area (Å²) in [7, 11) is 0. The molecule has 1 aromatic rings. The molecular weight excluding hydrogens is 326 g/mol. The number of nitro groups is 1. The van der Waals surface area contributed by atoms with Gasteiger partial charge in [-0.2, -0.15) is 0 Å². The van der Waals surface area contributed by atoms with Gasteiger partial charge in [-0.05, 0) is 20.8 Å². The van der Waals surface area contributed by atoms with Crippen molar-refractivity contribution in [1.82, 2.24) is 9.80 Å². The first-order chi connectivity index (χ1) is 11.7. The zero-order chi connectivity index (χ0) is 18.6. The van der Waals surface area contributed by atoms with E-state index in [1.807, 2.05) is 0 Å². The van der Waals surface area contributed by atoms with Crippen LogP contribution in [-0.2, 0) is 16.0 Å². The molecule has 0 N–H and O–H groups in total. The minimum atomic E-state index is -0.559. The van der Waals surface area contributed by atoms with Gasteiger partial charge in [-0.3, -0.25) is 14.9 Å². The number of hydrogen-bond acceptors (Lipinski definition) is 5. The van der Waals surface area contributed by atoms with Crippen LogP contribution < -0.4 is 0 Å². The molecule has 2 amide bonds. The van der Waals surface area contributed by atoms with Crippen LogP contribution in [0.2, 0.25) is 0 Å². The summed E-state index contributed by atoms with van der Waals surface area (Å²) in [5, 5.41) is 11.0. The van der Waals surface area contributed by atoms with Crippen LogP contribution in [0.4, 0.5) is 10.5 Å². The van der Waals surface area contributed by atoms with Gasteiger partial charge >= 0.3 is 6.09 Å². The van der Waals surface area contributed by atoms with Crippen LogP contribution in [0.3, 0.4) is 0 Å². The Morgan fingerprint density at radius 1 is 1.12 bits per heavy atom. The van der Waals surface area contributed by atoms with E-state index in [0.29, 0.717) is 31.7 Å². The van der Waals surface area contributed by atoms with Gasteiger partial charge in [0.15, 0.2) is 0 Å². The number of nitrogens with zero attached hydrogens (tertiary/aromatic N) is 3. The van der Waals surface area contributed by atoms with Crippen LogP contribution >= 0.6 is 0 Å². The van der Waals surface area contributed by atoms with Crippen molar-refractivity contribution in [2.75, 3.05) is 26.2 Å². The largest absolute Gasteiger partial charge is 0.444 e. The molecule has 0 atom stereocenters. The highest BCUT2D eigenvalue weighted by Crippen LogP contribution is 2.19. The van der Waals surface area contributed by atoms with Crippen molar-refractivity contribution >= 4 is 17.7 Å². The summed E-state index contributed by atoms with van der Waals surface area (Å²) in [5.74, 6) is -0.182. The van der Waals surface area contributed by atoms with E-state index in [9.17, 15) is 19.7 Å². The van der Waals surface area contributed by atoms with Gasteiger partial charge in [0, 0.05) is 37.8 Å². The number of hydrogen-bond donors (Lipinski definition) is 0. The van der Waals surface area contributed by atoms with Gasteiger partial charge in [0.2, 0.25) is 5.91 Å². The van der Waals surface area contributed by atoms with Crippen molar-refractivity contribution in [1.29, 1.82) is 0 Å². The second-order valence-corrected chi connectivity index (χ2v) is 6.91. The van der Waals surface area contributed by atoms with Crippen molar-refractivity contribution in [2.24, 2.45) is 0 Å². The van der Waals surface area contributed by atoms with E-state index >= 15 is 0 Å². The molecule has 0 radical (unpaired) electrons. The quantitative estimate of drug-likeness (QED) is 0.616. The first kappa shape index (κ1) is 18.7. The third kappa shape index (κ3) is 5.17. The second kappa shape index (κ2) is 7.50. The molecule has 25 heavy (non-hydrogen) atoms. The average molecular weight is 349 g/mol. The zero-order valence-corrected chi connectivity index (χ0v) is 14.7. The van der Waals surface area contributed by atoms with Gasteiger partial charge in [0.25, 0.3) is 5.69 Å². The van der Waals surface area contributed by atoms with Crippen molar-refractivity contribution in [3.8, 4) is 0 Å². The van der Waals surface area contributed by atoms with Crippen LogP contribution in [0.25, 0.3) is 0 Å². The number of para-hydroxylation sites is 1. The molecule has 0 bridgehead atoms. The van der Waals surface area contributed by atoms with Gasteiger partial charge in [0.1, 0.15) is 5.60 Å². The summed E-state index contributed by atoms with van der Waals surface area (Å²) in [4.78, 5) is 38.2. The molecule has 1 aliphatic rings. The Morgan fingerprint density at radius 3 is 2.24 bits per heavy atom. The monoisotopic (exact) mass is 349 g/mol. The SMILES string of the molecule is CC(C)(C)OC(=O)N1CCN(C(=O)Cc2ccccc2[N+](=O)[O-])CC1. The highest BCUT2D eigenvalue weighted by Gasteiger charge is 2.28.